The Morgan fingerprint density at radius 3 is 2.69 bits per heavy atom. The monoisotopic (exact) mass is 355 g/mol. The van der Waals surface area contributed by atoms with Crippen LogP contribution in [0.3, 0.4) is 0 Å². The van der Waals surface area contributed by atoms with Gasteiger partial charge in [0.05, 0.1) is 19.2 Å². The van der Waals surface area contributed by atoms with Crippen molar-refractivity contribution in [1.82, 2.24) is 15.1 Å². The lowest BCUT2D eigenvalue weighted by Gasteiger charge is -2.41. The third-order valence-corrected chi connectivity index (χ3v) is 6.28. The fourth-order valence-electron chi connectivity index (χ4n) is 5.17. The summed E-state index contributed by atoms with van der Waals surface area (Å²) in [6.45, 7) is 9.71. The molecular weight excluding hydrogens is 326 g/mol. The van der Waals surface area contributed by atoms with Crippen molar-refractivity contribution in [3.8, 4) is 5.75 Å². The highest BCUT2D eigenvalue weighted by molar-refractivity contribution is 5.83. The molecule has 0 radical (unpaired) electrons. The van der Waals surface area contributed by atoms with Crippen LogP contribution in [-0.2, 0) is 6.54 Å². The maximum atomic E-state index is 13.3. The van der Waals surface area contributed by atoms with Gasteiger partial charge in [-0.3, -0.25) is 4.90 Å². The van der Waals surface area contributed by atoms with E-state index in [0.717, 1.165) is 38.2 Å². The Hall–Kier alpha value is -2.01. The number of likely N-dealkylation sites (N-methyl/N-ethyl adjacent to an activating group) is 1. The van der Waals surface area contributed by atoms with E-state index in [1.165, 1.54) is 22.4 Å². The largest absolute Gasteiger partial charge is 0.496 e. The van der Waals surface area contributed by atoms with Crippen molar-refractivity contribution >= 4 is 6.03 Å². The van der Waals surface area contributed by atoms with Crippen LogP contribution >= 0.6 is 0 Å². The zero-order chi connectivity index (χ0) is 18.5. The zero-order valence-corrected chi connectivity index (χ0v) is 16.3. The average Bonchev–Trinajstić information content (AvgIpc) is 2.75. The second kappa shape index (κ2) is 6.31. The molecule has 26 heavy (non-hydrogen) atoms. The Kier molecular flexibility index (Phi) is 4.22. The second-order valence-corrected chi connectivity index (χ2v) is 7.78. The molecule has 1 spiro atoms. The summed E-state index contributed by atoms with van der Waals surface area (Å²) in [4.78, 5) is 17.4. The first-order valence-electron chi connectivity index (χ1n) is 9.71. The van der Waals surface area contributed by atoms with Crippen molar-refractivity contribution in [3.63, 3.8) is 0 Å². The van der Waals surface area contributed by atoms with Gasteiger partial charge in [-0.05, 0) is 57.0 Å². The molecule has 4 rings (SSSR count). The summed E-state index contributed by atoms with van der Waals surface area (Å²) in [7, 11) is 1.74. The fraction of sp³-hybridized carbons (Fsp3) is 0.571. The van der Waals surface area contributed by atoms with Crippen molar-refractivity contribution in [2.24, 2.45) is 0 Å². The Morgan fingerprint density at radius 2 is 2.04 bits per heavy atom. The number of methoxy groups -OCH3 is 1. The summed E-state index contributed by atoms with van der Waals surface area (Å²) >= 11 is 0. The van der Waals surface area contributed by atoms with E-state index in [1.807, 2.05) is 4.90 Å². The van der Waals surface area contributed by atoms with Crippen LogP contribution in [0.1, 0.15) is 49.3 Å². The SMILES string of the molecule is CCN1C(=O)N2Cc3cc(C)cc(OC)c3[C@@H](C)C=C2C12CCNCC2. The van der Waals surface area contributed by atoms with E-state index < -0.39 is 0 Å². The molecule has 2 fully saturated rings. The number of carbonyl (C=O) groups is 1. The summed E-state index contributed by atoms with van der Waals surface area (Å²) in [6, 6.07) is 4.47. The third-order valence-electron chi connectivity index (χ3n) is 6.28. The summed E-state index contributed by atoms with van der Waals surface area (Å²) in [5.74, 6) is 1.15. The number of urea groups is 1. The van der Waals surface area contributed by atoms with Gasteiger partial charge in [-0.15, -0.1) is 0 Å². The second-order valence-electron chi connectivity index (χ2n) is 7.78. The molecule has 0 unspecified atom stereocenters. The summed E-state index contributed by atoms with van der Waals surface area (Å²) in [5.41, 5.74) is 4.65. The highest BCUT2D eigenvalue weighted by Crippen LogP contribution is 2.47. The molecule has 1 aromatic rings. The number of aryl methyl sites for hydroxylation is 1. The van der Waals surface area contributed by atoms with E-state index in [9.17, 15) is 4.79 Å². The number of carbonyl (C=O) groups excluding carboxylic acids is 1. The standard InChI is InChI=1S/C21H29N3O2/c1-5-24-20(25)23-13-16-10-14(2)11-17(26-4)19(16)15(3)12-18(23)21(24)6-8-22-9-7-21/h10-12,15,22H,5-9,13H2,1-4H3/t15-/m0/s1. The molecule has 0 bridgehead atoms. The van der Waals surface area contributed by atoms with Gasteiger partial charge in [0.1, 0.15) is 5.75 Å². The number of nitrogens with zero attached hydrogens (tertiary/aromatic N) is 2. The van der Waals surface area contributed by atoms with Crippen molar-refractivity contribution in [2.75, 3.05) is 26.7 Å². The van der Waals surface area contributed by atoms with Crippen molar-refractivity contribution < 1.29 is 9.53 Å². The minimum absolute atomic E-state index is 0.154. The first kappa shape index (κ1) is 17.4. The van der Waals surface area contributed by atoms with E-state index in [0.29, 0.717) is 6.54 Å². The van der Waals surface area contributed by atoms with Crippen LogP contribution < -0.4 is 10.1 Å². The van der Waals surface area contributed by atoms with Crippen LogP contribution in [0.15, 0.2) is 23.9 Å². The molecule has 0 aliphatic carbocycles. The quantitative estimate of drug-likeness (QED) is 0.884. The number of benzene rings is 1. The van der Waals surface area contributed by atoms with Crippen LogP contribution in [0.4, 0.5) is 4.79 Å². The first-order valence-corrected chi connectivity index (χ1v) is 9.71. The molecule has 3 aliphatic rings. The molecular formula is C21H29N3O2. The number of hydrogen-bond donors (Lipinski definition) is 1. The van der Waals surface area contributed by atoms with Crippen molar-refractivity contribution in [2.45, 2.75) is 51.6 Å². The molecule has 2 saturated heterocycles. The van der Waals surface area contributed by atoms with Gasteiger partial charge in [0, 0.05) is 23.7 Å². The van der Waals surface area contributed by atoms with Crippen molar-refractivity contribution in [1.29, 1.82) is 0 Å². The smallest absolute Gasteiger partial charge is 0.325 e. The molecule has 0 saturated carbocycles. The van der Waals surface area contributed by atoms with E-state index in [4.69, 9.17) is 4.74 Å². The maximum absolute atomic E-state index is 13.3. The molecule has 0 aromatic heterocycles. The lowest BCUT2D eigenvalue weighted by Crippen LogP contribution is -2.52. The van der Waals surface area contributed by atoms with Gasteiger partial charge in [-0.1, -0.05) is 19.1 Å². The van der Waals surface area contributed by atoms with Crippen LogP contribution in [0.5, 0.6) is 5.75 Å². The Labute approximate surface area is 156 Å². The van der Waals surface area contributed by atoms with Gasteiger partial charge in [-0.2, -0.15) is 0 Å². The first-order chi connectivity index (χ1) is 12.5. The number of amides is 2. The number of allylic oxidation sites excluding steroid dienone is 1. The van der Waals surface area contributed by atoms with E-state index >= 15 is 0 Å². The molecule has 2 amide bonds. The van der Waals surface area contributed by atoms with Crippen LogP contribution in [0, 0.1) is 6.92 Å². The Bertz CT molecular complexity index is 765. The number of rotatable bonds is 2. The summed E-state index contributed by atoms with van der Waals surface area (Å²) in [6.07, 6.45) is 4.28. The number of hydrogen-bond acceptors (Lipinski definition) is 3. The molecule has 3 heterocycles. The fourth-order valence-corrected chi connectivity index (χ4v) is 5.17. The van der Waals surface area contributed by atoms with Crippen LogP contribution in [0.2, 0.25) is 0 Å². The normalized spacial score (nSPS) is 24.2. The summed E-state index contributed by atoms with van der Waals surface area (Å²) < 4.78 is 5.69. The number of nitrogens with one attached hydrogen (secondary N) is 1. The molecule has 1 aromatic carbocycles. The number of ether oxygens (including phenoxy) is 1. The highest BCUT2D eigenvalue weighted by Gasteiger charge is 2.53. The van der Waals surface area contributed by atoms with Gasteiger partial charge in [0.15, 0.2) is 0 Å². The lowest BCUT2D eigenvalue weighted by molar-refractivity contribution is 0.141. The molecule has 5 heteroatoms. The average molecular weight is 355 g/mol. The summed E-state index contributed by atoms with van der Waals surface area (Å²) in [5, 5.41) is 3.46. The van der Waals surface area contributed by atoms with E-state index in [2.05, 4.69) is 49.2 Å². The lowest BCUT2D eigenvalue weighted by atomic mass is 9.82. The van der Waals surface area contributed by atoms with Gasteiger partial charge in [0.2, 0.25) is 0 Å². The number of fused-ring (bicyclic) bond motifs is 3. The predicted octanol–water partition coefficient (Wildman–Crippen LogP) is 3.38. The van der Waals surface area contributed by atoms with Crippen molar-refractivity contribution in [3.05, 3.63) is 40.6 Å². The van der Waals surface area contributed by atoms with E-state index in [-0.39, 0.29) is 17.5 Å². The maximum Gasteiger partial charge on any atom is 0.325 e. The van der Waals surface area contributed by atoms with Gasteiger partial charge in [-0.25, -0.2) is 4.79 Å². The van der Waals surface area contributed by atoms with Crippen LogP contribution in [0.25, 0.3) is 0 Å². The highest BCUT2D eigenvalue weighted by atomic mass is 16.5. The third kappa shape index (κ3) is 2.37. The minimum Gasteiger partial charge on any atom is -0.496 e. The molecule has 1 atom stereocenters. The molecule has 1 N–H and O–H groups in total. The Balaban J connectivity index is 1.87. The van der Waals surface area contributed by atoms with Gasteiger partial charge in [0.25, 0.3) is 0 Å². The molecule has 5 nitrogen and oxygen atoms in total. The van der Waals surface area contributed by atoms with Crippen LogP contribution in [-0.4, -0.2) is 48.1 Å². The zero-order valence-electron chi connectivity index (χ0n) is 16.3. The molecule has 3 aliphatic heterocycles. The van der Waals surface area contributed by atoms with Gasteiger partial charge >= 0.3 is 6.03 Å². The predicted molar refractivity (Wildman–Crippen MR) is 102 cm³/mol. The Morgan fingerprint density at radius 1 is 1.31 bits per heavy atom. The molecule has 140 valence electrons. The van der Waals surface area contributed by atoms with E-state index in [1.54, 1.807) is 7.11 Å². The number of piperidine rings is 1. The topological polar surface area (TPSA) is 44.8 Å². The van der Waals surface area contributed by atoms with Gasteiger partial charge < -0.3 is 15.0 Å². The minimum atomic E-state index is -0.157.